The van der Waals surface area contributed by atoms with Crippen molar-refractivity contribution in [3.05, 3.63) is 51.7 Å². The molecule has 1 aliphatic carbocycles. The Labute approximate surface area is 193 Å². The van der Waals surface area contributed by atoms with E-state index in [9.17, 15) is 19.7 Å². The third-order valence-electron chi connectivity index (χ3n) is 6.31. The van der Waals surface area contributed by atoms with Crippen LogP contribution in [-0.4, -0.2) is 35.7 Å². The number of carbonyl (C=O) groups is 2. The number of nitrogens with one attached hydrogen (secondary N) is 1. The molecule has 33 heavy (non-hydrogen) atoms. The lowest BCUT2D eigenvalue weighted by Crippen LogP contribution is -2.43. The molecular weight excluding hydrogens is 428 g/mol. The Morgan fingerprint density at radius 3 is 2.55 bits per heavy atom. The molecule has 9 heteroatoms. The van der Waals surface area contributed by atoms with E-state index in [0.29, 0.717) is 17.4 Å². The maximum absolute atomic E-state index is 13.1. The highest BCUT2D eigenvalue weighted by molar-refractivity contribution is 5.97. The van der Waals surface area contributed by atoms with Gasteiger partial charge in [-0.25, -0.2) is 9.59 Å². The molecule has 0 radical (unpaired) electrons. The molecule has 0 aromatic heterocycles. The number of benzene rings is 1. The summed E-state index contributed by atoms with van der Waals surface area (Å²) in [5.41, 5.74) is 0.560. The Bertz CT molecular complexity index is 897. The van der Waals surface area contributed by atoms with Gasteiger partial charge in [-0.2, -0.15) is 0 Å². The predicted molar refractivity (Wildman–Crippen MR) is 120 cm³/mol. The molecule has 5 atom stereocenters. The van der Waals surface area contributed by atoms with Crippen LogP contribution in [0.15, 0.2) is 36.0 Å². The summed E-state index contributed by atoms with van der Waals surface area (Å²) in [5, 5.41) is 13.9. The number of hydrogen-bond acceptors (Lipinski definition) is 8. The van der Waals surface area contributed by atoms with E-state index in [-0.39, 0.29) is 29.9 Å². The second-order valence-electron chi connectivity index (χ2n) is 9.03. The molecule has 1 aromatic rings. The second kappa shape index (κ2) is 10.8. The molecule has 1 fully saturated rings. The van der Waals surface area contributed by atoms with Crippen molar-refractivity contribution in [1.29, 1.82) is 0 Å². The average Bonchev–Trinajstić information content (AvgIpc) is 2.78. The van der Waals surface area contributed by atoms with Gasteiger partial charge in [0.05, 0.1) is 17.1 Å². The first-order valence-electron chi connectivity index (χ1n) is 11.4. The first kappa shape index (κ1) is 24.7. The topological polar surface area (TPSA) is 117 Å². The highest BCUT2D eigenvalue weighted by atomic mass is 16.6. The molecular formula is C24H32N2O7. The predicted octanol–water partition coefficient (Wildman–Crippen LogP) is 4.03. The summed E-state index contributed by atoms with van der Waals surface area (Å²) in [7, 11) is 0. The summed E-state index contributed by atoms with van der Waals surface area (Å²) in [6, 6.07) is 5.77. The summed E-state index contributed by atoms with van der Waals surface area (Å²) < 4.78 is 16.9. The van der Waals surface area contributed by atoms with E-state index < -0.39 is 29.2 Å². The minimum Gasteiger partial charge on any atom is -0.464 e. The normalized spacial score (nSPS) is 27.3. The fourth-order valence-electron chi connectivity index (χ4n) is 4.46. The van der Waals surface area contributed by atoms with Gasteiger partial charge in [-0.3, -0.25) is 10.1 Å². The van der Waals surface area contributed by atoms with Crippen molar-refractivity contribution in [3.8, 4) is 0 Å². The maximum atomic E-state index is 13.1. The van der Waals surface area contributed by atoms with E-state index in [1.807, 2.05) is 0 Å². The van der Waals surface area contributed by atoms with Crippen molar-refractivity contribution in [2.75, 3.05) is 6.61 Å². The zero-order valence-corrected chi connectivity index (χ0v) is 19.5. The fraction of sp³-hybridized carbons (Fsp3) is 0.583. The molecule has 0 spiro atoms. The number of ether oxygens (including phenoxy) is 3. The SMILES string of the molecule is CCOC(=O)[C@H]1O[C@H](c2ccc([N+](=O)[O-])cc2)NC=C1C(=O)O[C@@H]1C[C@H](C)CC[C@H]1C(C)C. The van der Waals surface area contributed by atoms with Crippen LogP contribution in [0.3, 0.4) is 0 Å². The van der Waals surface area contributed by atoms with E-state index in [2.05, 4.69) is 26.1 Å². The number of rotatable bonds is 7. The highest BCUT2D eigenvalue weighted by Gasteiger charge is 2.40. The minimum atomic E-state index is -1.27. The average molecular weight is 461 g/mol. The van der Waals surface area contributed by atoms with Crippen LogP contribution in [-0.2, 0) is 23.8 Å². The molecule has 0 saturated heterocycles. The van der Waals surface area contributed by atoms with Crippen molar-refractivity contribution in [2.24, 2.45) is 17.8 Å². The number of non-ortho nitro benzene ring substituents is 1. The van der Waals surface area contributed by atoms with Crippen LogP contribution in [0.5, 0.6) is 0 Å². The molecule has 9 nitrogen and oxygen atoms in total. The summed E-state index contributed by atoms with van der Waals surface area (Å²) in [4.78, 5) is 36.2. The summed E-state index contributed by atoms with van der Waals surface area (Å²) >= 11 is 0. The lowest BCUT2D eigenvalue weighted by Gasteiger charge is -2.37. The van der Waals surface area contributed by atoms with Crippen molar-refractivity contribution in [3.63, 3.8) is 0 Å². The molecule has 3 rings (SSSR count). The Morgan fingerprint density at radius 1 is 1.24 bits per heavy atom. The quantitative estimate of drug-likeness (QED) is 0.368. The molecule has 0 amide bonds. The molecule has 0 bridgehead atoms. The molecule has 2 aliphatic rings. The molecule has 1 saturated carbocycles. The molecule has 1 aromatic carbocycles. The summed E-state index contributed by atoms with van der Waals surface area (Å²) in [5.74, 6) is -0.201. The van der Waals surface area contributed by atoms with Gasteiger partial charge in [0.15, 0.2) is 12.3 Å². The van der Waals surface area contributed by atoms with Crippen LogP contribution < -0.4 is 5.32 Å². The van der Waals surface area contributed by atoms with E-state index >= 15 is 0 Å². The van der Waals surface area contributed by atoms with Crippen molar-refractivity contribution >= 4 is 17.6 Å². The van der Waals surface area contributed by atoms with Crippen LogP contribution in [0.25, 0.3) is 0 Å². The second-order valence-corrected chi connectivity index (χ2v) is 9.03. The molecule has 1 aliphatic heterocycles. The number of nitro benzene ring substituents is 1. The molecule has 180 valence electrons. The van der Waals surface area contributed by atoms with Crippen LogP contribution in [0.1, 0.15) is 58.7 Å². The Balaban J connectivity index is 1.80. The lowest BCUT2D eigenvalue weighted by molar-refractivity contribution is -0.384. The first-order chi connectivity index (χ1) is 15.7. The Hall–Kier alpha value is -2.94. The maximum Gasteiger partial charge on any atom is 0.340 e. The van der Waals surface area contributed by atoms with E-state index in [4.69, 9.17) is 14.2 Å². The Kier molecular flexibility index (Phi) is 8.07. The molecule has 1 N–H and O–H groups in total. The number of carbonyl (C=O) groups excluding carboxylic acids is 2. The highest BCUT2D eigenvalue weighted by Crippen LogP contribution is 2.36. The number of nitro groups is 1. The summed E-state index contributed by atoms with van der Waals surface area (Å²) in [6.07, 6.45) is 2.03. The number of esters is 2. The van der Waals surface area contributed by atoms with E-state index in [1.165, 1.54) is 30.5 Å². The van der Waals surface area contributed by atoms with E-state index in [1.54, 1.807) is 6.92 Å². The van der Waals surface area contributed by atoms with Crippen LogP contribution in [0.4, 0.5) is 5.69 Å². The van der Waals surface area contributed by atoms with E-state index in [0.717, 1.165) is 19.3 Å². The third kappa shape index (κ3) is 5.90. The van der Waals surface area contributed by atoms with Crippen LogP contribution in [0, 0.1) is 27.9 Å². The van der Waals surface area contributed by atoms with Crippen molar-refractivity contribution in [2.45, 2.75) is 65.4 Å². The van der Waals surface area contributed by atoms with Gasteiger partial charge >= 0.3 is 11.9 Å². The van der Waals surface area contributed by atoms with Crippen molar-refractivity contribution in [1.82, 2.24) is 5.32 Å². The molecule has 0 unspecified atom stereocenters. The van der Waals surface area contributed by atoms with Crippen LogP contribution in [0.2, 0.25) is 0 Å². The zero-order chi connectivity index (χ0) is 24.1. The minimum absolute atomic E-state index is 0.0485. The van der Waals surface area contributed by atoms with Gasteiger partial charge < -0.3 is 19.5 Å². The standard InChI is InChI=1S/C24H32N2O7/c1-5-31-24(28)21-19(23(27)32-20-12-15(4)6-11-18(20)14(2)3)13-25-22(33-21)16-7-9-17(10-8-16)26(29)30/h7-10,13-15,18,20-22,25H,5-6,11-12H2,1-4H3/t15-,18+,20-,21+,22-/m1/s1. The van der Waals surface area contributed by atoms with Gasteiger partial charge in [0.2, 0.25) is 0 Å². The third-order valence-corrected chi connectivity index (χ3v) is 6.31. The monoisotopic (exact) mass is 460 g/mol. The largest absolute Gasteiger partial charge is 0.464 e. The van der Waals surface area contributed by atoms with Gasteiger partial charge in [0, 0.05) is 23.9 Å². The number of hydrogen-bond donors (Lipinski definition) is 1. The zero-order valence-electron chi connectivity index (χ0n) is 19.5. The Morgan fingerprint density at radius 2 is 1.94 bits per heavy atom. The summed E-state index contributed by atoms with van der Waals surface area (Å²) in [6.45, 7) is 8.21. The first-order valence-corrected chi connectivity index (χ1v) is 11.4. The smallest absolute Gasteiger partial charge is 0.340 e. The van der Waals surface area contributed by atoms with Gasteiger partial charge in [0.25, 0.3) is 5.69 Å². The van der Waals surface area contributed by atoms with Gasteiger partial charge in [-0.1, -0.05) is 27.2 Å². The fourth-order valence-corrected chi connectivity index (χ4v) is 4.46. The van der Waals surface area contributed by atoms with Gasteiger partial charge in [0.1, 0.15) is 6.10 Å². The van der Waals surface area contributed by atoms with Gasteiger partial charge in [-0.15, -0.1) is 0 Å². The van der Waals surface area contributed by atoms with Crippen LogP contribution >= 0.6 is 0 Å². The lowest BCUT2D eigenvalue weighted by atomic mass is 9.75. The van der Waals surface area contributed by atoms with Gasteiger partial charge in [-0.05, 0) is 49.7 Å². The van der Waals surface area contributed by atoms with Crippen molar-refractivity contribution < 1.29 is 28.7 Å². The molecule has 1 heterocycles. The number of nitrogens with zero attached hydrogens (tertiary/aromatic N) is 1.